The van der Waals surface area contributed by atoms with Gasteiger partial charge in [0.15, 0.2) is 0 Å². The topological polar surface area (TPSA) is 0 Å². The summed E-state index contributed by atoms with van der Waals surface area (Å²) in [5, 5.41) is 0. The summed E-state index contributed by atoms with van der Waals surface area (Å²) in [5.41, 5.74) is 3.47. The second-order valence-electron chi connectivity index (χ2n) is 7.48. The summed E-state index contributed by atoms with van der Waals surface area (Å²) in [6.07, 6.45) is 28.8. The van der Waals surface area contributed by atoms with E-state index in [1.54, 1.807) is 11.1 Å². The zero-order chi connectivity index (χ0) is 16.6. The van der Waals surface area contributed by atoms with Crippen LogP contribution in [0.5, 0.6) is 0 Å². The van der Waals surface area contributed by atoms with E-state index in [-0.39, 0.29) is 0 Å². The van der Waals surface area contributed by atoms with Crippen molar-refractivity contribution in [3.05, 3.63) is 23.3 Å². The van der Waals surface area contributed by atoms with Crippen LogP contribution in [-0.4, -0.2) is 0 Å². The third-order valence-corrected chi connectivity index (χ3v) is 5.27. The molecular formula is C23H42. The van der Waals surface area contributed by atoms with Gasteiger partial charge in [-0.15, -0.1) is 0 Å². The minimum absolute atomic E-state index is 1.25. The van der Waals surface area contributed by atoms with Gasteiger partial charge in [-0.2, -0.15) is 0 Å². The molecule has 0 aliphatic heterocycles. The van der Waals surface area contributed by atoms with Crippen LogP contribution in [0.2, 0.25) is 0 Å². The van der Waals surface area contributed by atoms with Crippen LogP contribution < -0.4 is 0 Å². The van der Waals surface area contributed by atoms with Crippen molar-refractivity contribution in [1.29, 1.82) is 0 Å². The Balaban J connectivity index is 2.02. The maximum atomic E-state index is 2.42. The Kier molecular flexibility index (Phi) is 13.4. The summed E-state index contributed by atoms with van der Waals surface area (Å²) in [4.78, 5) is 0. The lowest BCUT2D eigenvalue weighted by Gasteiger charge is -2.08. The average Bonchev–Trinajstić information content (AvgIpc) is 3.01. The van der Waals surface area contributed by atoms with E-state index < -0.39 is 0 Å². The molecule has 1 aliphatic rings. The van der Waals surface area contributed by atoms with E-state index in [0.29, 0.717) is 0 Å². The van der Waals surface area contributed by atoms with Crippen LogP contribution in [0, 0.1) is 0 Å². The van der Waals surface area contributed by atoms with Crippen LogP contribution >= 0.6 is 0 Å². The highest BCUT2D eigenvalue weighted by atomic mass is 14.1. The van der Waals surface area contributed by atoms with E-state index in [1.165, 1.54) is 109 Å². The molecule has 0 saturated carbocycles. The fraction of sp³-hybridized carbons (Fsp3) is 0.826. The minimum Gasteiger partial charge on any atom is -0.0802 e. The lowest BCUT2D eigenvalue weighted by Crippen LogP contribution is -1.88. The van der Waals surface area contributed by atoms with E-state index in [9.17, 15) is 0 Å². The van der Waals surface area contributed by atoms with E-state index in [4.69, 9.17) is 0 Å². The molecule has 0 atom stereocenters. The zero-order valence-corrected chi connectivity index (χ0v) is 16.2. The van der Waals surface area contributed by atoms with Gasteiger partial charge < -0.3 is 0 Å². The maximum absolute atomic E-state index is 2.42. The van der Waals surface area contributed by atoms with Crippen LogP contribution in [-0.2, 0) is 0 Å². The first-order valence-corrected chi connectivity index (χ1v) is 10.8. The molecule has 0 aromatic heterocycles. The summed E-state index contributed by atoms with van der Waals surface area (Å²) >= 11 is 0. The molecule has 1 aliphatic carbocycles. The van der Waals surface area contributed by atoms with Gasteiger partial charge in [0.25, 0.3) is 0 Å². The molecule has 0 aromatic rings. The first-order valence-electron chi connectivity index (χ1n) is 10.8. The quantitative estimate of drug-likeness (QED) is 0.250. The molecule has 23 heavy (non-hydrogen) atoms. The van der Waals surface area contributed by atoms with Crippen molar-refractivity contribution in [3.63, 3.8) is 0 Å². The molecule has 1 rings (SSSR count). The van der Waals surface area contributed by atoms with Gasteiger partial charge in [-0.25, -0.2) is 0 Å². The molecule has 0 heterocycles. The molecule has 0 saturated heterocycles. The highest BCUT2D eigenvalue weighted by Crippen LogP contribution is 2.28. The van der Waals surface area contributed by atoms with Crippen molar-refractivity contribution in [2.24, 2.45) is 0 Å². The number of unbranched alkanes of at least 4 members (excludes halogenated alkanes) is 12. The minimum atomic E-state index is 1.25. The first kappa shape index (κ1) is 20.5. The Morgan fingerprint density at radius 3 is 1.65 bits per heavy atom. The number of rotatable bonds is 16. The van der Waals surface area contributed by atoms with Gasteiger partial charge in [-0.05, 0) is 37.7 Å². The molecular weight excluding hydrogens is 276 g/mol. The van der Waals surface area contributed by atoms with Crippen molar-refractivity contribution in [3.8, 4) is 0 Å². The molecule has 0 amide bonds. The first-order chi connectivity index (χ1) is 11.4. The molecule has 0 unspecified atom stereocenters. The summed E-state index contributed by atoms with van der Waals surface area (Å²) in [6, 6.07) is 0. The fourth-order valence-electron chi connectivity index (χ4n) is 3.68. The molecule has 0 fully saturated rings. The monoisotopic (exact) mass is 318 g/mol. The Labute approximate surface area is 146 Å². The van der Waals surface area contributed by atoms with Gasteiger partial charge in [-0.1, -0.05) is 109 Å². The van der Waals surface area contributed by atoms with Gasteiger partial charge in [0.2, 0.25) is 0 Å². The number of hydrogen-bond acceptors (Lipinski definition) is 0. The predicted octanol–water partition coefficient (Wildman–Crippen LogP) is 8.52. The van der Waals surface area contributed by atoms with Crippen LogP contribution in [0.15, 0.2) is 23.3 Å². The molecule has 0 aromatic carbocycles. The van der Waals surface area contributed by atoms with E-state index in [0.717, 1.165) is 0 Å². The second-order valence-corrected chi connectivity index (χ2v) is 7.48. The summed E-state index contributed by atoms with van der Waals surface area (Å²) in [5.74, 6) is 0. The molecule has 134 valence electrons. The van der Waals surface area contributed by atoms with Crippen LogP contribution in [0.25, 0.3) is 0 Å². The summed E-state index contributed by atoms with van der Waals surface area (Å²) < 4.78 is 0. The predicted molar refractivity (Wildman–Crippen MR) is 106 cm³/mol. The molecule has 0 bridgehead atoms. The van der Waals surface area contributed by atoms with Gasteiger partial charge in [0.05, 0.1) is 0 Å². The Hall–Kier alpha value is -0.520. The van der Waals surface area contributed by atoms with Gasteiger partial charge in [0.1, 0.15) is 0 Å². The van der Waals surface area contributed by atoms with E-state index in [2.05, 4.69) is 26.0 Å². The Morgan fingerprint density at radius 2 is 1.09 bits per heavy atom. The summed E-state index contributed by atoms with van der Waals surface area (Å²) in [7, 11) is 0. The van der Waals surface area contributed by atoms with Crippen molar-refractivity contribution in [1.82, 2.24) is 0 Å². The van der Waals surface area contributed by atoms with E-state index in [1.807, 2.05) is 0 Å². The van der Waals surface area contributed by atoms with Gasteiger partial charge in [0, 0.05) is 0 Å². The van der Waals surface area contributed by atoms with Gasteiger partial charge in [-0.3, -0.25) is 0 Å². The van der Waals surface area contributed by atoms with E-state index >= 15 is 0 Å². The largest absolute Gasteiger partial charge is 0.0802 e. The SMILES string of the molecule is CCCCCCCCCCC1=C(CCCCCCCC)C=CC1. The molecule has 0 heteroatoms. The van der Waals surface area contributed by atoms with Gasteiger partial charge >= 0.3 is 0 Å². The Morgan fingerprint density at radius 1 is 0.609 bits per heavy atom. The maximum Gasteiger partial charge on any atom is -0.0130 e. The van der Waals surface area contributed by atoms with Crippen molar-refractivity contribution in [2.75, 3.05) is 0 Å². The highest BCUT2D eigenvalue weighted by molar-refractivity contribution is 5.33. The van der Waals surface area contributed by atoms with Crippen LogP contribution in [0.1, 0.15) is 123 Å². The average molecular weight is 319 g/mol. The lowest BCUT2D eigenvalue weighted by atomic mass is 9.98. The van der Waals surface area contributed by atoms with Crippen molar-refractivity contribution >= 4 is 0 Å². The molecule has 0 spiro atoms. The fourth-order valence-corrected chi connectivity index (χ4v) is 3.68. The lowest BCUT2D eigenvalue weighted by molar-refractivity contribution is 0.573. The van der Waals surface area contributed by atoms with Crippen LogP contribution in [0.4, 0.5) is 0 Å². The molecule has 0 nitrogen and oxygen atoms in total. The van der Waals surface area contributed by atoms with Crippen molar-refractivity contribution < 1.29 is 0 Å². The number of allylic oxidation sites excluding steroid dienone is 4. The van der Waals surface area contributed by atoms with Crippen LogP contribution in [0.3, 0.4) is 0 Å². The standard InChI is InChI=1S/C23H42/c1-3-5-7-9-11-12-14-16-19-23-21-17-20-22(23)18-15-13-10-8-6-4-2/h17,20H,3-16,18-19,21H2,1-2H3. The highest BCUT2D eigenvalue weighted by Gasteiger charge is 2.08. The smallest absolute Gasteiger partial charge is 0.0130 e. The third-order valence-electron chi connectivity index (χ3n) is 5.27. The molecule has 0 N–H and O–H groups in total. The summed E-state index contributed by atoms with van der Waals surface area (Å²) in [6.45, 7) is 4.60. The number of hydrogen-bond donors (Lipinski definition) is 0. The second kappa shape index (κ2) is 15.0. The third kappa shape index (κ3) is 10.8. The zero-order valence-electron chi connectivity index (χ0n) is 16.2. The normalized spacial score (nSPS) is 14.2. The van der Waals surface area contributed by atoms with Crippen molar-refractivity contribution in [2.45, 2.75) is 123 Å². The Bertz CT molecular complexity index is 321. The molecule has 0 radical (unpaired) electrons.